The Balaban J connectivity index is 2.00. The summed E-state index contributed by atoms with van der Waals surface area (Å²) < 4.78 is 5.69. The number of rotatable bonds is 6. The van der Waals surface area contributed by atoms with Gasteiger partial charge in [-0.3, -0.25) is 4.79 Å². The van der Waals surface area contributed by atoms with Gasteiger partial charge in [-0.1, -0.05) is 32.0 Å². The van der Waals surface area contributed by atoms with Crippen LogP contribution in [0.25, 0.3) is 0 Å². The van der Waals surface area contributed by atoms with Crippen LogP contribution in [0.15, 0.2) is 54.6 Å². The molecule has 0 aliphatic rings. The monoisotopic (exact) mass is 327 g/mol. The van der Waals surface area contributed by atoms with Crippen molar-refractivity contribution in [2.75, 3.05) is 5.32 Å². The van der Waals surface area contributed by atoms with Crippen molar-refractivity contribution < 1.29 is 14.3 Å². The Morgan fingerprint density at radius 2 is 1.54 bits per heavy atom. The number of hydrogen-bond donors (Lipinski definition) is 3. The maximum Gasteiger partial charge on any atom is 0.312 e. The Morgan fingerprint density at radius 3 is 2.08 bits per heavy atom. The van der Waals surface area contributed by atoms with E-state index in [0.717, 1.165) is 5.75 Å². The van der Waals surface area contributed by atoms with Crippen LogP contribution in [-0.4, -0.2) is 18.0 Å². The summed E-state index contributed by atoms with van der Waals surface area (Å²) in [5, 5.41) is 5.20. The number of nitrogens with one attached hydrogen (secondary N) is 2. The molecule has 2 aromatic rings. The van der Waals surface area contributed by atoms with E-state index in [1.54, 1.807) is 24.3 Å². The van der Waals surface area contributed by atoms with Crippen molar-refractivity contribution in [3.8, 4) is 11.5 Å². The number of para-hydroxylation sites is 1. The summed E-state index contributed by atoms with van der Waals surface area (Å²) in [6, 6.07) is 15.0. The molecule has 0 aromatic heterocycles. The molecular formula is C18H21N3O3. The van der Waals surface area contributed by atoms with Gasteiger partial charge in [0.2, 0.25) is 5.91 Å². The highest BCUT2D eigenvalue weighted by Gasteiger charge is 2.23. The van der Waals surface area contributed by atoms with Crippen molar-refractivity contribution >= 4 is 17.6 Å². The first-order valence-electron chi connectivity index (χ1n) is 7.65. The molecule has 0 unspecified atom stereocenters. The predicted octanol–water partition coefficient (Wildman–Crippen LogP) is 3.11. The third kappa shape index (κ3) is 5.01. The van der Waals surface area contributed by atoms with Gasteiger partial charge in [0.15, 0.2) is 0 Å². The summed E-state index contributed by atoms with van der Waals surface area (Å²) >= 11 is 0. The first-order valence-corrected chi connectivity index (χ1v) is 7.65. The van der Waals surface area contributed by atoms with Crippen LogP contribution in [0, 0.1) is 5.92 Å². The normalized spacial score (nSPS) is 11.6. The van der Waals surface area contributed by atoms with Gasteiger partial charge in [0.25, 0.3) is 0 Å². The molecule has 0 spiro atoms. The first-order chi connectivity index (χ1) is 11.5. The number of primary amides is 1. The van der Waals surface area contributed by atoms with Crippen LogP contribution in [0.4, 0.5) is 10.5 Å². The lowest BCUT2D eigenvalue weighted by atomic mass is 10.0. The molecule has 0 saturated heterocycles. The molecule has 2 rings (SSSR count). The number of carbonyl (C=O) groups is 2. The van der Waals surface area contributed by atoms with E-state index in [1.807, 2.05) is 44.2 Å². The van der Waals surface area contributed by atoms with E-state index in [-0.39, 0.29) is 11.8 Å². The van der Waals surface area contributed by atoms with Crippen LogP contribution < -0.4 is 21.1 Å². The van der Waals surface area contributed by atoms with Crippen LogP contribution >= 0.6 is 0 Å². The van der Waals surface area contributed by atoms with Crippen LogP contribution in [0.5, 0.6) is 11.5 Å². The lowest BCUT2D eigenvalue weighted by Gasteiger charge is -2.20. The Kier molecular flexibility index (Phi) is 5.78. The molecule has 1 atom stereocenters. The van der Waals surface area contributed by atoms with Crippen molar-refractivity contribution in [3.63, 3.8) is 0 Å². The standard InChI is InChI=1S/C18H21N3O3/c1-12(2)16(21-18(19)23)17(22)20-13-8-10-15(11-9-13)24-14-6-4-3-5-7-14/h3-12,16H,1-2H3,(H,20,22)(H3,19,21,23)/t16-/m1/s1. The average Bonchev–Trinajstić information content (AvgIpc) is 2.55. The zero-order valence-electron chi connectivity index (χ0n) is 13.7. The summed E-state index contributed by atoms with van der Waals surface area (Å²) in [4.78, 5) is 23.3. The number of urea groups is 1. The molecule has 0 saturated carbocycles. The molecule has 0 bridgehead atoms. The summed E-state index contributed by atoms with van der Waals surface area (Å²) in [6.45, 7) is 3.66. The molecule has 2 aromatic carbocycles. The Hall–Kier alpha value is -3.02. The van der Waals surface area contributed by atoms with Gasteiger partial charge in [0.05, 0.1) is 0 Å². The number of nitrogens with two attached hydrogens (primary N) is 1. The minimum absolute atomic E-state index is 0.0850. The fourth-order valence-corrected chi connectivity index (χ4v) is 2.14. The van der Waals surface area contributed by atoms with Crippen LogP contribution in [0.3, 0.4) is 0 Å². The number of carbonyl (C=O) groups excluding carboxylic acids is 2. The quantitative estimate of drug-likeness (QED) is 0.761. The number of hydrogen-bond acceptors (Lipinski definition) is 3. The zero-order chi connectivity index (χ0) is 17.5. The minimum Gasteiger partial charge on any atom is -0.457 e. The van der Waals surface area contributed by atoms with Crippen molar-refractivity contribution in [1.29, 1.82) is 0 Å². The van der Waals surface area contributed by atoms with E-state index in [1.165, 1.54) is 0 Å². The fourth-order valence-electron chi connectivity index (χ4n) is 2.14. The SMILES string of the molecule is CC(C)[C@@H](NC(N)=O)C(=O)Nc1ccc(Oc2ccccc2)cc1. The summed E-state index contributed by atoms with van der Waals surface area (Å²) in [7, 11) is 0. The molecule has 0 fully saturated rings. The van der Waals surface area contributed by atoms with E-state index >= 15 is 0 Å². The Bertz CT molecular complexity index is 684. The molecule has 24 heavy (non-hydrogen) atoms. The van der Waals surface area contributed by atoms with Crippen molar-refractivity contribution in [3.05, 3.63) is 54.6 Å². The van der Waals surface area contributed by atoms with E-state index in [0.29, 0.717) is 11.4 Å². The van der Waals surface area contributed by atoms with Gasteiger partial charge in [-0.15, -0.1) is 0 Å². The first kappa shape index (κ1) is 17.3. The van der Waals surface area contributed by atoms with E-state index in [9.17, 15) is 9.59 Å². The molecule has 3 amide bonds. The van der Waals surface area contributed by atoms with Crippen LogP contribution in [0.2, 0.25) is 0 Å². The van der Waals surface area contributed by atoms with Gasteiger partial charge in [-0.2, -0.15) is 0 Å². The second-order valence-electron chi connectivity index (χ2n) is 5.66. The molecule has 126 valence electrons. The molecule has 0 aliphatic heterocycles. The second-order valence-corrected chi connectivity index (χ2v) is 5.66. The van der Waals surface area contributed by atoms with Crippen LogP contribution in [0.1, 0.15) is 13.8 Å². The maximum absolute atomic E-state index is 12.3. The molecule has 6 nitrogen and oxygen atoms in total. The van der Waals surface area contributed by atoms with Crippen molar-refractivity contribution in [2.24, 2.45) is 11.7 Å². The molecule has 0 radical (unpaired) electrons. The van der Waals surface area contributed by atoms with Crippen molar-refractivity contribution in [1.82, 2.24) is 5.32 Å². The van der Waals surface area contributed by atoms with Gasteiger partial charge >= 0.3 is 6.03 Å². The predicted molar refractivity (Wildman–Crippen MR) is 92.9 cm³/mol. The number of ether oxygens (including phenoxy) is 1. The zero-order valence-corrected chi connectivity index (χ0v) is 13.7. The van der Waals surface area contributed by atoms with E-state index < -0.39 is 12.1 Å². The minimum atomic E-state index is -0.726. The summed E-state index contributed by atoms with van der Waals surface area (Å²) in [6.07, 6.45) is 0. The molecular weight excluding hydrogens is 306 g/mol. The van der Waals surface area contributed by atoms with Gasteiger partial charge in [-0.05, 0) is 42.3 Å². The number of benzene rings is 2. The number of anilines is 1. The molecule has 0 heterocycles. The molecule has 4 N–H and O–H groups in total. The smallest absolute Gasteiger partial charge is 0.312 e. The summed E-state index contributed by atoms with van der Waals surface area (Å²) in [5.74, 6) is 0.994. The van der Waals surface area contributed by atoms with Crippen molar-refractivity contribution in [2.45, 2.75) is 19.9 Å². The molecule has 6 heteroatoms. The highest BCUT2D eigenvalue weighted by molar-refractivity contribution is 5.97. The van der Waals surface area contributed by atoms with Crippen LogP contribution in [-0.2, 0) is 4.79 Å². The largest absolute Gasteiger partial charge is 0.457 e. The van der Waals surface area contributed by atoms with E-state index in [2.05, 4.69) is 10.6 Å². The van der Waals surface area contributed by atoms with Gasteiger partial charge < -0.3 is 21.1 Å². The molecule has 0 aliphatic carbocycles. The van der Waals surface area contributed by atoms with Gasteiger partial charge in [0, 0.05) is 5.69 Å². The highest BCUT2D eigenvalue weighted by Crippen LogP contribution is 2.22. The highest BCUT2D eigenvalue weighted by atomic mass is 16.5. The average molecular weight is 327 g/mol. The Morgan fingerprint density at radius 1 is 0.958 bits per heavy atom. The second kappa shape index (κ2) is 8.01. The maximum atomic E-state index is 12.3. The third-order valence-corrected chi connectivity index (χ3v) is 3.35. The Labute approximate surface area is 141 Å². The van der Waals surface area contributed by atoms with Gasteiger partial charge in [-0.25, -0.2) is 4.79 Å². The third-order valence-electron chi connectivity index (χ3n) is 3.35. The van der Waals surface area contributed by atoms with E-state index in [4.69, 9.17) is 10.5 Å². The summed E-state index contributed by atoms with van der Waals surface area (Å²) in [5.41, 5.74) is 5.72. The van der Waals surface area contributed by atoms with Gasteiger partial charge in [0.1, 0.15) is 17.5 Å². The fraction of sp³-hybridized carbons (Fsp3) is 0.222. The lowest BCUT2D eigenvalue weighted by Crippen LogP contribution is -2.49. The lowest BCUT2D eigenvalue weighted by molar-refractivity contribution is -0.118. The number of amides is 3. The topological polar surface area (TPSA) is 93.5 Å².